The van der Waals surface area contributed by atoms with Gasteiger partial charge < -0.3 is 19.9 Å². The minimum Gasteiger partial charge on any atom is -0.493 e. The van der Waals surface area contributed by atoms with E-state index in [9.17, 15) is 5.11 Å². The number of hydrogen-bond acceptors (Lipinski definition) is 4. The van der Waals surface area contributed by atoms with Crippen molar-refractivity contribution in [2.24, 2.45) is 0 Å². The number of aliphatic hydroxyl groups excluding tert-OH is 1. The molecule has 1 atom stereocenters. The van der Waals surface area contributed by atoms with Crippen LogP contribution in [0, 0.1) is 6.92 Å². The lowest BCUT2D eigenvalue weighted by molar-refractivity contribution is 0.242. The van der Waals surface area contributed by atoms with Crippen molar-refractivity contribution in [2.75, 3.05) is 20.8 Å². The van der Waals surface area contributed by atoms with Crippen LogP contribution >= 0.6 is 0 Å². The number of methoxy groups -OCH3 is 2. The molecule has 4 nitrogen and oxygen atoms in total. The van der Waals surface area contributed by atoms with Crippen molar-refractivity contribution in [3.05, 3.63) is 23.3 Å². The van der Waals surface area contributed by atoms with Gasteiger partial charge in [-0.1, -0.05) is 0 Å². The maximum absolute atomic E-state index is 9.54. The van der Waals surface area contributed by atoms with E-state index in [1.54, 1.807) is 14.2 Å². The van der Waals surface area contributed by atoms with Crippen LogP contribution in [0.4, 0.5) is 0 Å². The topological polar surface area (TPSA) is 50.7 Å². The number of aliphatic hydroxyl groups is 1. The van der Waals surface area contributed by atoms with Crippen molar-refractivity contribution in [3.63, 3.8) is 0 Å². The van der Waals surface area contributed by atoms with Gasteiger partial charge in [0.2, 0.25) is 0 Å². The molecule has 1 aliphatic carbocycles. The second-order valence-corrected chi connectivity index (χ2v) is 4.74. The molecule has 1 aliphatic rings. The molecule has 0 saturated heterocycles. The van der Waals surface area contributed by atoms with Crippen LogP contribution in [0.2, 0.25) is 0 Å². The highest BCUT2D eigenvalue weighted by Crippen LogP contribution is 2.34. The fourth-order valence-electron chi connectivity index (χ4n) is 2.15. The summed E-state index contributed by atoms with van der Waals surface area (Å²) >= 11 is 0. The molecule has 0 radical (unpaired) electrons. The maximum atomic E-state index is 9.54. The van der Waals surface area contributed by atoms with E-state index < -0.39 is 0 Å². The lowest BCUT2D eigenvalue weighted by atomic mass is 10.0. The van der Waals surface area contributed by atoms with Crippen LogP contribution in [0.5, 0.6) is 11.5 Å². The Balaban J connectivity index is 2.29. The first-order valence-corrected chi connectivity index (χ1v) is 6.29. The Hall–Kier alpha value is -1.26. The number of rotatable bonds is 6. The zero-order valence-corrected chi connectivity index (χ0v) is 11.2. The Bertz CT molecular complexity index is 416. The van der Waals surface area contributed by atoms with Crippen LogP contribution in [0.1, 0.15) is 30.0 Å². The van der Waals surface area contributed by atoms with Crippen molar-refractivity contribution in [1.82, 2.24) is 5.32 Å². The second kappa shape index (κ2) is 5.59. The molecule has 1 fully saturated rings. The minimum atomic E-state index is -0.0303. The quantitative estimate of drug-likeness (QED) is 0.809. The predicted molar refractivity (Wildman–Crippen MR) is 70.3 cm³/mol. The minimum absolute atomic E-state index is 0.0303. The summed E-state index contributed by atoms with van der Waals surface area (Å²) in [5.41, 5.74) is 2.17. The number of aryl methyl sites for hydroxylation is 1. The van der Waals surface area contributed by atoms with Crippen molar-refractivity contribution in [3.8, 4) is 11.5 Å². The Morgan fingerprint density at radius 2 is 1.89 bits per heavy atom. The van der Waals surface area contributed by atoms with Gasteiger partial charge in [0, 0.05) is 6.04 Å². The van der Waals surface area contributed by atoms with Crippen LogP contribution in [0.15, 0.2) is 12.1 Å². The van der Waals surface area contributed by atoms with E-state index in [0.29, 0.717) is 11.8 Å². The molecule has 0 spiro atoms. The van der Waals surface area contributed by atoms with Gasteiger partial charge >= 0.3 is 0 Å². The van der Waals surface area contributed by atoms with E-state index in [-0.39, 0.29) is 12.6 Å². The molecule has 0 heterocycles. The number of nitrogens with one attached hydrogen (secondary N) is 1. The maximum Gasteiger partial charge on any atom is 0.161 e. The van der Waals surface area contributed by atoms with Crippen molar-refractivity contribution in [1.29, 1.82) is 0 Å². The van der Waals surface area contributed by atoms with Crippen LogP contribution in [0.25, 0.3) is 0 Å². The predicted octanol–water partition coefficient (Wildman–Crippen LogP) is 1.80. The van der Waals surface area contributed by atoms with Crippen molar-refractivity contribution >= 4 is 0 Å². The highest BCUT2D eigenvalue weighted by molar-refractivity contribution is 5.48. The smallest absolute Gasteiger partial charge is 0.161 e. The van der Waals surface area contributed by atoms with Gasteiger partial charge in [-0.05, 0) is 43.0 Å². The van der Waals surface area contributed by atoms with Gasteiger partial charge in [0.05, 0.1) is 26.9 Å². The lowest BCUT2D eigenvalue weighted by Gasteiger charge is -2.20. The summed E-state index contributed by atoms with van der Waals surface area (Å²) in [5, 5.41) is 13.0. The number of hydrogen-bond donors (Lipinski definition) is 2. The highest BCUT2D eigenvalue weighted by atomic mass is 16.5. The molecule has 1 aromatic carbocycles. The summed E-state index contributed by atoms with van der Waals surface area (Å²) in [6.45, 7) is 2.11. The van der Waals surface area contributed by atoms with Gasteiger partial charge in [-0.3, -0.25) is 0 Å². The van der Waals surface area contributed by atoms with Gasteiger partial charge in [-0.25, -0.2) is 0 Å². The van der Waals surface area contributed by atoms with Crippen molar-refractivity contribution < 1.29 is 14.6 Å². The largest absolute Gasteiger partial charge is 0.493 e. The molecular formula is C14H21NO3. The van der Waals surface area contributed by atoms with Gasteiger partial charge in [0.15, 0.2) is 11.5 Å². The summed E-state index contributed by atoms with van der Waals surface area (Å²) in [6, 6.07) is 4.42. The molecular weight excluding hydrogens is 230 g/mol. The third-order valence-electron chi connectivity index (χ3n) is 3.34. The number of ether oxygens (including phenoxy) is 2. The molecule has 100 valence electrons. The molecule has 0 aromatic heterocycles. The Morgan fingerprint density at radius 3 is 2.39 bits per heavy atom. The van der Waals surface area contributed by atoms with E-state index in [1.807, 2.05) is 19.1 Å². The van der Waals surface area contributed by atoms with Crippen LogP contribution in [-0.2, 0) is 0 Å². The van der Waals surface area contributed by atoms with Crippen LogP contribution < -0.4 is 14.8 Å². The van der Waals surface area contributed by atoms with Crippen LogP contribution in [-0.4, -0.2) is 32.0 Å². The zero-order chi connectivity index (χ0) is 13.1. The molecule has 0 aliphatic heterocycles. The van der Waals surface area contributed by atoms with Gasteiger partial charge in [-0.2, -0.15) is 0 Å². The molecule has 0 amide bonds. The molecule has 1 aromatic rings. The van der Waals surface area contributed by atoms with Gasteiger partial charge in [0.25, 0.3) is 0 Å². The molecule has 2 N–H and O–H groups in total. The fourth-order valence-corrected chi connectivity index (χ4v) is 2.15. The Labute approximate surface area is 108 Å². The van der Waals surface area contributed by atoms with E-state index in [2.05, 4.69) is 5.32 Å². The molecule has 4 heteroatoms. The molecule has 18 heavy (non-hydrogen) atoms. The summed E-state index contributed by atoms with van der Waals surface area (Å²) in [6.07, 6.45) is 2.39. The normalized spacial score (nSPS) is 16.4. The Kier molecular flexibility index (Phi) is 4.09. The van der Waals surface area contributed by atoms with Crippen LogP contribution in [0.3, 0.4) is 0 Å². The third-order valence-corrected chi connectivity index (χ3v) is 3.34. The summed E-state index contributed by atoms with van der Waals surface area (Å²) < 4.78 is 10.6. The van der Waals surface area contributed by atoms with Gasteiger partial charge in [0.1, 0.15) is 0 Å². The van der Waals surface area contributed by atoms with E-state index >= 15 is 0 Å². The first kappa shape index (κ1) is 13.2. The summed E-state index contributed by atoms with van der Waals surface area (Å²) in [5.74, 6) is 1.43. The fraction of sp³-hybridized carbons (Fsp3) is 0.571. The van der Waals surface area contributed by atoms with Gasteiger partial charge in [-0.15, -0.1) is 0 Å². The molecule has 1 unspecified atom stereocenters. The molecule has 2 rings (SSSR count). The van der Waals surface area contributed by atoms with E-state index in [0.717, 1.165) is 16.9 Å². The summed E-state index contributed by atoms with van der Waals surface area (Å²) in [4.78, 5) is 0. The average Bonchev–Trinajstić information content (AvgIpc) is 3.19. The third kappa shape index (κ3) is 2.76. The monoisotopic (exact) mass is 251 g/mol. The average molecular weight is 251 g/mol. The zero-order valence-electron chi connectivity index (χ0n) is 11.2. The van der Waals surface area contributed by atoms with E-state index in [4.69, 9.17) is 9.47 Å². The molecule has 1 saturated carbocycles. The lowest BCUT2D eigenvalue weighted by Crippen LogP contribution is -2.27. The molecule has 0 bridgehead atoms. The standard InChI is InChI=1S/C14H21NO3/c1-9-6-13(17-2)14(18-3)7-11(9)12(8-16)15-10-4-5-10/h6-7,10,12,15-16H,4-5,8H2,1-3H3. The second-order valence-electron chi connectivity index (χ2n) is 4.74. The first-order chi connectivity index (χ1) is 8.69. The van der Waals surface area contributed by atoms with E-state index in [1.165, 1.54) is 12.8 Å². The van der Waals surface area contributed by atoms with Crippen molar-refractivity contribution in [2.45, 2.75) is 31.8 Å². The Morgan fingerprint density at radius 1 is 1.28 bits per heavy atom. The number of benzene rings is 1. The summed E-state index contributed by atoms with van der Waals surface area (Å²) in [7, 11) is 3.25. The highest BCUT2D eigenvalue weighted by Gasteiger charge is 2.26. The SMILES string of the molecule is COc1cc(C)c(C(CO)NC2CC2)cc1OC. The first-order valence-electron chi connectivity index (χ1n) is 6.29.